The van der Waals surface area contributed by atoms with Crippen molar-refractivity contribution in [2.45, 2.75) is 19.6 Å². The molecule has 1 amide bonds. The van der Waals surface area contributed by atoms with Gasteiger partial charge in [0, 0.05) is 13.1 Å². The molecule has 1 heterocycles. The Balaban J connectivity index is 1.26. The molecule has 0 fully saturated rings. The van der Waals surface area contributed by atoms with Crippen molar-refractivity contribution in [2.24, 2.45) is 0 Å². The van der Waals surface area contributed by atoms with Crippen molar-refractivity contribution in [1.82, 2.24) is 4.90 Å². The number of fused-ring (bicyclic) bond motifs is 1. The van der Waals surface area contributed by atoms with E-state index in [4.69, 9.17) is 9.47 Å². The number of amides is 1. The first-order valence-corrected chi connectivity index (χ1v) is 9.97. The number of nitrogens with zero attached hydrogens (tertiary/aromatic N) is 1. The Morgan fingerprint density at radius 1 is 0.833 bits per heavy atom. The van der Waals surface area contributed by atoms with Gasteiger partial charge in [-0.15, -0.1) is 0 Å². The maximum Gasteiger partial charge on any atom is 0.338 e. The fraction of sp³-hybridized carbons (Fsp3) is 0.200. The van der Waals surface area contributed by atoms with E-state index < -0.39 is 5.97 Å². The SMILES string of the molecule is O=C(OCC(=O)N1CCc2ccccc2C1)c1ccc(OCc2ccccc2)cc1. The largest absolute Gasteiger partial charge is 0.489 e. The van der Waals surface area contributed by atoms with Crippen molar-refractivity contribution in [1.29, 1.82) is 0 Å². The van der Waals surface area contributed by atoms with Crippen LogP contribution in [0.3, 0.4) is 0 Å². The number of carbonyl (C=O) groups excluding carboxylic acids is 2. The number of benzene rings is 3. The van der Waals surface area contributed by atoms with Gasteiger partial charge >= 0.3 is 5.97 Å². The molecule has 0 N–H and O–H groups in total. The Morgan fingerprint density at radius 2 is 1.53 bits per heavy atom. The maximum atomic E-state index is 12.4. The molecule has 1 aliphatic rings. The molecule has 30 heavy (non-hydrogen) atoms. The molecule has 5 nitrogen and oxygen atoms in total. The summed E-state index contributed by atoms with van der Waals surface area (Å²) in [6.45, 7) is 1.40. The van der Waals surface area contributed by atoms with Gasteiger partial charge in [-0.2, -0.15) is 0 Å². The number of rotatable bonds is 6. The van der Waals surface area contributed by atoms with Gasteiger partial charge in [0.05, 0.1) is 5.56 Å². The lowest BCUT2D eigenvalue weighted by atomic mass is 10.00. The minimum absolute atomic E-state index is 0.180. The fourth-order valence-electron chi connectivity index (χ4n) is 3.44. The molecule has 0 unspecified atom stereocenters. The summed E-state index contributed by atoms with van der Waals surface area (Å²) < 4.78 is 10.9. The summed E-state index contributed by atoms with van der Waals surface area (Å²) in [7, 11) is 0. The molecule has 4 rings (SSSR count). The number of esters is 1. The van der Waals surface area contributed by atoms with Crippen LogP contribution in [-0.4, -0.2) is 29.9 Å². The zero-order valence-corrected chi connectivity index (χ0v) is 16.6. The van der Waals surface area contributed by atoms with Gasteiger partial charge in [0.1, 0.15) is 12.4 Å². The molecular formula is C25H23NO4. The highest BCUT2D eigenvalue weighted by Gasteiger charge is 2.21. The van der Waals surface area contributed by atoms with E-state index in [0.717, 1.165) is 17.5 Å². The lowest BCUT2D eigenvalue weighted by Crippen LogP contribution is -2.38. The highest BCUT2D eigenvalue weighted by Crippen LogP contribution is 2.19. The summed E-state index contributed by atoms with van der Waals surface area (Å²) in [5.74, 6) is -0.0329. The lowest BCUT2D eigenvalue weighted by molar-refractivity contribution is -0.135. The third-order valence-corrected chi connectivity index (χ3v) is 5.15. The molecule has 3 aromatic rings. The third-order valence-electron chi connectivity index (χ3n) is 5.15. The minimum Gasteiger partial charge on any atom is -0.489 e. The van der Waals surface area contributed by atoms with Crippen LogP contribution in [0, 0.1) is 0 Å². The molecule has 0 bridgehead atoms. The fourth-order valence-corrected chi connectivity index (χ4v) is 3.44. The molecular weight excluding hydrogens is 378 g/mol. The molecule has 5 heteroatoms. The normalized spacial score (nSPS) is 12.7. The van der Waals surface area contributed by atoms with Crippen LogP contribution in [0.2, 0.25) is 0 Å². The number of hydrogen-bond donors (Lipinski definition) is 0. The Labute approximate surface area is 175 Å². The average molecular weight is 401 g/mol. The van der Waals surface area contributed by atoms with Crippen molar-refractivity contribution in [3.63, 3.8) is 0 Å². The van der Waals surface area contributed by atoms with Crippen molar-refractivity contribution >= 4 is 11.9 Å². The van der Waals surface area contributed by atoms with E-state index in [-0.39, 0.29) is 12.5 Å². The Morgan fingerprint density at radius 3 is 2.30 bits per heavy atom. The number of ether oxygens (including phenoxy) is 2. The Kier molecular flexibility index (Phi) is 6.09. The van der Waals surface area contributed by atoms with E-state index >= 15 is 0 Å². The van der Waals surface area contributed by atoms with Gasteiger partial charge in [-0.1, -0.05) is 54.6 Å². The predicted octanol–water partition coefficient (Wildman–Crippen LogP) is 4.01. The first kappa shape index (κ1) is 19.7. The number of hydrogen-bond acceptors (Lipinski definition) is 4. The quantitative estimate of drug-likeness (QED) is 0.586. The molecule has 0 aliphatic carbocycles. The van der Waals surface area contributed by atoms with E-state index in [2.05, 4.69) is 6.07 Å². The molecule has 0 aromatic heterocycles. The summed E-state index contributed by atoms with van der Waals surface area (Å²) in [5.41, 5.74) is 3.88. The van der Waals surface area contributed by atoms with Crippen molar-refractivity contribution < 1.29 is 19.1 Å². The summed E-state index contributed by atoms with van der Waals surface area (Å²) in [4.78, 5) is 26.5. The highest BCUT2D eigenvalue weighted by atomic mass is 16.5. The summed E-state index contributed by atoms with van der Waals surface area (Å²) in [6, 6.07) is 24.7. The van der Waals surface area contributed by atoms with Crippen LogP contribution in [-0.2, 0) is 29.1 Å². The molecule has 0 saturated carbocycles. The first-order chi connectivity index (χ1) is 14.7. The van der Waals surface area contributed by atoms with Gasteiger partial charge in [-0.25, -0.2) is 4.79 Å². The van der Waals surface area contributed by atoms with Crippen LogP contribution < -0.4 is 4.74 Å². The highest BCUT2D eigenvalue weighted by molar-refractivity contribution is 5.91. The summed E-state index contributed by atoms with van der Waals surface area (Å²) in [5, 5.41) is 0. The van der Waals surface area contributed by atoms with Crippen molar-refractivity contribution in [3.05, 3.63) is 101 Å². The van der Waals surface area contributed by atoms with Crippen molar-refractivity contribution in [3.8, 4) is 5.75 Å². The van der Waals surface area contributed by atoms with Crippen LogP contribution in [0.1, 0.15) is 27.0 Å². The maximum absolute atomic E-state index is 12.4. The zero-order valence-electron chi connectivity index (χ0n) is 16.6. The standard InChI is InChI=1S/C25H23NO4/c27-24(26-15-14-20-8-4-5-9-22(20)16-26)18-30-25(28)21-10-12-23(13-11-21)29-17-19-6-2-1-3-7-19/h1-13H,14-18H2. The van der Waals surface area contributed by atoms with Gasteiger partial charge in [0.15, 0.2) is 6.61 Å². The Bertz CT molecular complexity index is 1010. The minimum atomic E-state index is -0.518. The summed E-state index contributed by atoms with van der Waals surface area (Å²) in [6.07, 6.45) is 0.820. The van der Waals surface area contributed by atoms with E-state index in [1.807, 2.05) is 48.5 Å². The first-order valence-electron chi connectivity index (χ1n) is 9.97. The smallest absolute Gasteiger partial charge is 0.338 e. The molecule has 0 spiro atoms. The zero-order chi connectivity index (χ0) is 20.8. The predicted molar refractivity (Wildman–Crippen MR) is 113 cm³/mol. The molecule has 152 valence electrons. The van der Waals surface area contributed by atoms with Gasteiger partial charge in [-0.05, 0) is 47.4 Å². The second-order valence-corrected chi connectivity index (χ2v) is 7.21. The number of carbonyl (C=O) groups is 2. The van der Waals surface area contributed by atoms with Gasteiger partial charge < -0.3 is 14.4 Å². The van der Waals surface area contributed by atoms with E-state index in [1.165, 1.54) is 5.56 Å². The molecule has 1 aliphatic heterocycles. The van der Waals surface area contributed by atoms with Crippen LogP contribution in [0.25, 0.3) is 0 Å². The second kappa shape index (κ2) is 9.27. The van der Waals surface area contributed by atoms with Crippen LogP contribution >= 0.6 is 0 Å². The van der Waals surface area contributed by atoms with Gasteiger partial charge in [0.25, 0.3) is 5.91 Å². The molecule has 0 radical (unpaired) electrons. The van der Waals surface area contributed by atoms with E-state index in [0.29, 0.717) is 31.0 Å². The van der Waals surface area contributed by atoms with Crippen LogP contribution in [0.15, 0.2) is 78.9 Å². The monoisotopic (exact) mass is 401 g/mol. The van der Waals surface area contributed by atoms with Gasteiger partial charge in [0.2, 0.25) is 0 Å². The lowest BCUT2D eigenvalue weighted by Gasteiger charge is -2.28. The molecule has 0 saturated heterocycles. The average Bonchev–Trinajstić information content (AvgIpc) is 2.81. The van der Waals surface area contributed by atoms with E-state index in [9.17, 15) is 9.59 Å². The van der Waals surface area contributed by atoms with Crippen molar-refractivity contribution in [2.75, 3.05) is 13.2 Å². The summed E-state index contributed by atoms with van der Waals surface area (Å²) >= 11 is 0. The van der Waals surface area contributed by atoms with E-state index in [1.54, 1.807) is 29.2 Å². The topological polar surface area (TPSA) is 55.8 Å². The third kappa shape index (κ3) is 4.87. The van der Waals surface area contributed by atoms with Crippen LogP contribution in [0.5, 0.6) is 5.75 Å². The molecule has 3 aromatic carbocycles. The van der Waals surface area contributed by atoms with Gasteiger partial charge in [-0.3, -0.25) is 4.79 Å². The Hall–Kier alpha value is -3.60. The van der Waals surface area contributed by atoms with Crippen LogP contribution in [0.4, 0.5) is 0 Å². The molecule has 0 atom stereocenters. The second-order valence-electron chi connectivity index (χ2n) is 7.21.